The fourth-order valence-corrected chi connectivity index (χ4v) is 2.11. The summed E-state index contributed by atoms with van der Waals surface area (Å²) in [6.45, 7) is 4.80. The quantitative estimate of drug-likeness (QED) is 0.757. The lowest BCUT2D eigenvalue weighted by atomic mass is 10.1. The van der Waals surface area contributed by atoms with Gasteiger partial charge in [-0.1, -0.05) is 18.2 Å². The van der Waals surface area contributed by atoms with Crippen LogP contribution in [0.25, 0.3) is 0 Å². The molecule has 0 saturated carbocycles. The molecule has 0 radical (unpaired) electrons. The normalized spacial score (nSPS) is 10.1. The highest BCUT2D eigenvalue weighted by atomic mass is 16.5. The predicted molar refractivity (Wildman–Crippen MR) is 92.9 cm³/mol. The molecule has 2 aromatic rings. The number of hydrogen-bond donors (Lipinski definition) is 1. The molecule has 0 bridgehead atoms. The first kappa shape index (κ1) is 17.7. The molecule has 24 heavy (non-hydrogen) atoms. The molecule has 0 aromatic heterocycles. The van der Waals surface area contributed by atoms with Gasteiger partial charge in [-0.3, -0.25) is 4.79 Å². The Morgan fingerprint density at radius 1 is 1.04 bits per heavy atom. The second-order valence-electron chi connectivity index (χ2n) is 5.44. The second kappa shape index (κ2) is 8.82. The smallest absolute Gasteiger partial charge is 0.258 e. The van der Waals surface area contributed by atoms with E-state index in [-0.39, 0.29) is 12.5 Å². The number of carbonyl (C=O) groups excluding carboxylic acids is 1. The molecular weight excluding hydrogens is 306 g/mol. The van der Waals surface area contributed by atoms with E-state index in [4.69, 9.17) is 14.2 Å². The van der Waals surface area contributed by atoms with Crippen LogP contribution in [0.3, 0.4) is 0 Å². The first-order valence-corrected chi connectivity index (χ1v) is 7.82. The first-order valence-electron chi connectivity index (χ1n) is 7.82. The van der Waals surface area contributed by atoms with Crippen LogP contribution in [0.1, 0.15) is 11.1 Å². The lowest BCUT2D eigenvalue weighted by Crippen LogP contribution is -2.32. The second-order valence-corrected chi connectivity index (χ2v) is 5.44. The minimum absolute atomic E-state index is 0.0450. The Labute approximate surface area is 142 Å². The Morgan fingerprint density at radius 2 is 1.83 bits per heavy atom. The van der Waals surface area contributed by atoms with Crippen molar-refractivity contribution in [3.05, 3.63) is 53.6 Å². The van der Waals surface area contributed by atoms with Crippen molar-refractivity contribution in [2.75, 3.05) is 26.9 Å². The Morgan fingerprint density at radius 3 is 2.62 bits per heavy atom. The van der Waals surface area contributed by atoms with Crippen LogP contribution in [0, 0.1) is 13.8 Å². The van der Waals surface area contributed by atoms with E-state index in [0.29, 0.717) is 24.7 Å². The van der Waals surface area contributed by atoms with Gasteiger partial charge in [-0.15, -0.1) is 0 Å². The summed E-state index contributed by atoms with van der Waals surface area (Å²) < 4.78 is 16.2. The fourth-order valence-electron chi connectivity index (χ4n) is 2.11. The monoisotopic (exact) mass is 329 g/mol. The van der Waals surface area contributed by atoms with Gasteiger partial charge in [0.05, 0.1) is 13.7 Å². The number of benzene rings is 2. The lowest BCUT2D eigenvalue weighted by molar-refractivity contribution is -0.123. The highest BCUT2D eigenvalue weighted by Gasteiger charge is 2.04. The van der Waals surface area contributed by atoms with Crippen molar-refractivity contribution in [3.63, 3.8) is 0 Å². The number of aryl methyl sites for hydroxylation is 2. The third-order valence-electron chi connectivity index (χ3n) is 3.44. The van der Waals surface area contributed by atoms with E-state index in [0.717, 1.165) is 16.9 Å². The standard InChI is InChI=1S/C19H23NO4/c1-14-7-8-15(2)18(11-14)23-10-9-20-19(21)13-24-17-6-4-5-16(12-17)22-3/h4-8,11-12H,9-10,13H2,1-3H3,(H,20,21). The van der Waals surface area contributed by atoms with Gasteiger partial charge in [0.15, 0.2) is 6.61 Å². The van der Waals surface area contributed by atoms with Gasteiger partial charge in [0.25, 0.3) is 5.91 Å². The molecule has 0 atom stereocenters. The van der Waals surface area contributed by atoms with Crippen molar-refractivity contribution in [2.24, 2.45) is 0 Å². The Bertz CT molecular complexity index is 685. The zero-order valence-electron chi connectivity index (χ0n) is 14.3. The van der Waals surface area contributed by atoms with Gasteiger partial charge in [-0.2, -0.15) is 0 Å². The van der Waals surface area contributed by atoms with E-state index in [9.17, 15) is 4.79 Å². The van der Waals surface area contributed by atoms with Crippen molar-refractivity contribution >= 4 is 5.91 Å². The highest BCUT2D eigenvalue weighted by Crippen LogP contribution is 2.19. The van der Waals surface area contributed by atoms with Crippen LogP contribution in [0.15, 0.2) is 42.5 Å². The van der Waals surface area contributed by atoms with E-state index in [2.05, 4.69) is 5.32 Å². The highest BCUT2D eigenvalue weighted by molar-refractivity contribution is 5.77. The molecule has 128 valence electrons. The van der Waals surface area contributed by atoms with Gasteiger partial charge in [-0.25, -0.2) is 0 Å². The molecule has 2 rings (SSSR count). The van der Waals surface area contributed by atoms with Crippen LogP contribution < -0.4 is 19.5 Å². The van der Waals surface area contributed by atoms with Crippen LogP contribution in [0.5, 0.6) is 17.2 Å². The average Bonchev–Trinajstić information content (AvgIpc) is 2.60. The van der Waals surface area contributed by atoms with E-state index in [1.807, 2.05) is 44.2 Å². The lowest BCUT2D eigenvalue weighted by Gasteiger charge is -2.11. The minimum atomic E-state index is -0.192. The Hall–Kier alpha value is -2.69. The number of rotatable bonds is 8. The molecule has 0 aliphatic heterocycles. The number of methoxy groups -OCH3 is 1. The maximum Gasteiger partial charge on any atom is 0.258 e. The molecule has 5 heteroatoms. The largest absolute Gasteiger partial charge is 0.497 e. The Kier molecular flexibility index (Phi) is 6.49. The molecule has 0 spiro atoms. The summed E-state index contributed by atoms with van der Waals surface area (Å²) in [7, 11) is 1.59. The molecule has 1 amide bonds. The van der Waals surface area contributed by atoms with Crippen molar-refractivity contribution in [1.82, 2.24) is 5.32 Å². The Balaban J connectivity index is 1.68. The number of hydrogen-bond acceptors (Lipinski definition) is 4. The van der Waals surface area contributed by atoms with Crippen LogP contribution in [-0.4, -0.2) is 32.8 Å². The maximum absolute atomic E-state index is 11.8. The van der Waals surface area contributed by atoms with E-state index in [1.54, 1.807) is 19.2 Å². The summed E-state index contributed by atoms with van der Waals surface area (Å²) >= 11 is 0. The number of ether oxygens (including phenoxy) is 3. The molecule has 0 saturated heterocycles. The molecule has 0 unspecified atom stereocenters. The van der Waals surface area contributed by atoms with Crippen LogP contribution >= 0.6 is 0 Å². The summed E-state index contributed by atoms with van der Waals surface area (Å²) in [5.41, 5.74) is 2.22. The molecule has 2 aromatic carbocycles. The third kappa shape index (κ3) is 5.50. The van der Waals surface area contributed by atoms with Crippen molar-refractivity contribution in [3.8, 4) is 17.2 Å². The number of nitrogens with one attached hydrogen (secondary N) is 1. The van der Waals surface area contributed by atoms with Gasteiger partial charge in [0, 0.05) is 6.07 Å². The fraction of sp³-hybridized carbons (Fsp3) is 0.316. The van der Waals surface area contributed by atoms with E-state index < -0.39 is 0 Å². The van der Waals surface area contributed by atoms with Crippen LogP contribution in [0.2, 0.25) is 0 Å². The zero-order valence-corrected chi connectivity index (χ0v) is 14.3. The van der Waals surface area contributed by atoms with Crippen LogP contribution in [0.4, 0.5) is 0 Å². The summed E-state index contributed by atoms with van der Waals surface area (Å²) in [4.78, 5) is 11.8. The van der Waals surface area contributed by atoms with Gasteiger partial charge in [0.2, 0.25) is 0 Å². The maximum atomic E-state index is 11.8. The van der Waals surface area contributed by atoms with Crippen molar-refractivity contribution < 1.29 is 19.0 Å². The van der Waals surface area contributed by atoms with Crippen molar-refractivity contribution in [1.29, 1.82) is 0 Å². The SMILES string of the molecule is COc1cccc(OCC(=O)NCCOc2cc(C)ccc2C)c1. The summed E-state index contributed by atoms with van der Waals surface area (Å²) in [5.74, 6) is 1.94. The third-order valence-corrected chi connectivity index (χ3v) is 3.44. The van der Waals surface area contributed by atoms with Gasteiger partial charge in [0.1, 0.15) is 23.9 Å². The molecule has 0 aliphatic carbocycles. The molecule has 0 heterocycles. The summed E-state index contributed by atoms with van der Waals surface area (Å²) in [6.07, 6.45) is 0. The molecular formula is C19H23NO4. The molecule has 1 N–H and O–H groups in total. The van der Waals surface area contributed by atoms with Gasteiger partial charge < -0.3 is 19.5 Å². The average molecular weight is 329 g/mol. The van der Waals surface area contributed by atoms with Crippen molar-refractivity contribution in [2.45, 2.75) is 13.8 Å². The topological polar surface area (TPSA) is 56.8 Å². The number of carbonyl (C=O) groups is 1. The predicted octanol–water partition coefficient (Wildman–Crippen LogP) is 2.89. The molecule has 0 fully saturated rings. The van der Waals surface area contributed by atoms with Gasteiger partial charge in [-0.05, 0) is 43.2 Å². The molecule has 5 nitrogen and oxygen atoms in total. The van der Waals surface area contributed by atoms with Gasteiger partial charge >= 0.3 is 0 Å². The van der Waals surface area contributed by atoms with E-state index >= 15 is 0 Å². The summed E-state index contributed by atoms with van der Waals surface area (Å²) in [6, 6.07) is 13.2. The zero-order chi connectivity index (χ0) is 17.4. The number of amides is 1. The first-order chi connectivity index (χ1) is 11.6. The summed E-state index contributed by atoms with van der Waals surface area (Å²) in [5, 5.41) is 2.77. The van der Waals surface area contributed by atoms with E-state index in [1.165, 1.54) is 0 Å². The molecule has 0 aliphatic rings. The minimum Gasteiger partial charge on any atom is -0.497 e. The van der Waals surface area contributed by atoms with Crippen LogP contribution in [-0.2, 0) is 4.79 Å².